The van der Waals surface area contributed by atoms with E-state index in [9.17, 15) is 4.79 Å². The minimum Gasteiger partial charge on any atom is -0.373 e. The summed E-state index contributed by atoms with van der Waals surface area (Å²) in [4.78, 5) is 13.6. The van der Waals surface area contributed by atoms with E-state index in [2.05, 4.69) is 11.0 Å². The molecule has 0 aliphatic carbocycles. The van der Waals surface area contributed by atoms with Gasteiger partial charge in [0, 0.05) is 32.6 Å². The van der Waals surface area contributed by atoms with Gasteiger partial charge in [0.25, 0.3) is 5.56 Å². The molecule has 0 bridgehead atoms. The Morgan fingerprint density at radius 3 is 2.94 bits per heavy atom. The molecule has 0 saturated heterocycles. The molecule has 0 unspecified atom stereocenters. The first kappa shape index (κ1) is 12.3. The van der Waals surface area contributed by atoms with Crippen molar-refractivity contribution >= 4 is 5.69 Å². The highest BCUT2D eigenvalue weighted by Crippen LogP contribution is 2.05. The van der Waals surface area contributed by atoms with Gasteiger partial charge in [-0.25, -0.2) is 4.68 Å². The van der Waals surface area contributed by atoms with Crippen LogP contribution in [0.15, 0.2) is 17.1 Å². The summed E-state index contributed by atoms with van der Waals surface area (Å²) in [6.07, 6.45) is 8.31. The Balaban J connectivity index is 2.76. The van der Waals surface area contributed by atoms with Gasteiger partial charge < -0.3 is 4.90 Å². The Morgan fingerprint density at radius 2 is 2.38 bits per heavy atom. The maximum atomic E-state index is 11.7. The van der Waals surface area contributed by atoms with Crippen molar-refractivity contribution in [3.05, 3.63) is 22.6 Å². The summed E-state index contributed by atoms with van der Waals surface area (Å²) in [5.41, 5.74) is 0.774. The summed E-state index contributed by atoms with van der Waals surface area (Å²) in [5.74, 6) is 2.54. The third kappa shape index (κ3) is 3.13. The van der Waals surface area contributed by atoms with Gasteiger partial charge in [-0.2, -0.15) is 5.10 Å². The SMILES string of the molecule is C#CCCCn1ncc(N(C)CC)cc1=O. The normalized spacial score (nSPS) is 9.81. The maximum absolute atomic E-state index is 11.7. The van der Waals surface area contributed by atoms with Crippen LogP contribution in [0.3, 0.4) is 0 Å². The molecule has 0 spiro atoms. The molecule has 1 aromatic rings. The average Bonchev–Trinajstić information content (AvgIpc) is 2.30. The highest BCUT2D eigenvalue weighted by atomic mass is 16.1. The zero-order chi connectivity index (χ0) is 12.0. The van der Waals surface area contributed by atoms with Crippen molar-refractivity contribution in [1.29, 1.82) is 0 Å². The van der Waals surface area contributed by atoms with Gasteiger partial charge in [0.15, 0.2) is 0 Å². The predicted octanol–water partition coefficient (Wildman–Crippen LogP) is 1.11. The number of rotatable bonds is 5. The average molecular weight is 219 g/mol. The Hall–Kier alpha value is -1.76. The zero-order valence-electron chi connectivity index (χ0n) is 9.81. The highest BCUT2D eigenvalue weighted by molar-refractivity contribution is 5.41. The number of aryl methyl sites for hydroxylation is 1. The van der Waals surface area contributed by atoms with E-state index in [-0.39, 0.29) is 5.56 Å². The minimum absolute atomic E-state index is 0.0742. The molecule has 1 aromatic heterocycles. The second-order valence-electron chi connectivity index (χ2n) is 3.60. The summed E-state index contributed by atoms with van der Waals surface area (Å²) >= 11 is 0. The van der Waals surface area contributed by atoms with E-state index < -0.39 is 0 Å². The predicted molar refractivity (Wildman–Crippen MR) is 65.5 cm³/mol. The van der Waals surface area contributed by atoms with Crippen LogP contribution in [-0.2, 0) is 6.54 Å². The molecule has 0 aliphatic rings. The molecule has 1 heterocycles. The molecule has 0 N–H and O–H groups in total. The number of anilines is 1. The molecule has 0 atom stereocenters. The van der Waals surface area contributed by atoms with Crippen LogP contribution < -0.4 is 10.5 Å². The van der Waals surface area contributed by atoms with Crippen LogP contribution >= 0.6 is 0 Å². The van der Waals surface area contributed by atoms with Crippen molar-refractivity contribution in [2.75, 3.05) is 18.5 Å². The third-order valence-electron chi connectivity index (χ3n) is 2.46. The van der Waals surface area contributed by atoms with Crippen LogP contribution in [-0.4, -0.2) is 23.4 Å². The van der Waals surface area contributed by atoms with Crippen LogP contribution in [0.25, 0.3) is 0 Å². The van der Waals surface area contributed by atoms with E-state index in [0.29, 0.717) is 13.0 Å². The number of hydrogen-bond donors (Lipinski definition) is 0. The summed E-state index contributed by atoms with van der Waals surface area (Å²) in [6, 6.07) is 1.60. The second-order valence-corrected chi connectivity index (χ2v) is 3.60. The second kappa shape index (κ2) is 5.96. The van der Waals surface area contributed by atoms with Gasteiger partial charge in [0.2, 0.25) is 0 Å². The molecule has 0 aromatic carbocycles. The molecule has 0 saturated carbocycles. The molecular weight excluding hydrogens is 202 g/mol. The monoisotopic (exact) mass is 219 g/mol. The number of unbranched alkanes of at least 4 members (excludes halogenated alkanes) is 1. The highest BCUT2D eigenvalue weighted by Gasteiger charge is 2.02. The Labute approximate surface area is 95.9 Å². The lowest BCUT2D eigenvalue weighted by Crippen LogP contribution is -2.25. The summed E-state index contributed by atoms with van der Waals surface area (Å²) in [6.45, 7) is 3.46. The summed E-state index contributed by atoms with van der Waals surface area (Å²) in [5, 5.41) is 4.11. The quantitative estimate of drug-likeness (QED) is 0.550. The molecule has 0 aliphatic heterocycles. The third-order valence-corrected chi connectivity index (χ3v) is 2.46. The van der Waals surface area contributed by atoms with Crippen LogP contribution in [0.5, 0.6) is 0 Å². The molecule has 16 heavy (non-hydrogen) atoms. The van der Waals surface area contributed by atoms with Gasteiger partial charge in [0.05, 0.1) is 11.9 Å². The van der Waals surface area contributed by atoms with Gasteiger partial charge in [-0.05, 0) is 13.3 Å². The van der Waals surface area contributed by atoms with Crippen molar-refractivity contribution in [2.24, 2.45) is 0 Å². The Morgan fingerprint density at radius 1 is 1.62 bits per heavy atom. The van der Waals surface area contributed by atoms with E-state index in [1.807, 2.05) is 18.9 Å². The van der Waals surface area contributed by atoms with Crippen molar-refractivity contribution in [2.45, 2.75) is 26.3 Å². The zero-order valence-corrected chi connectivity index (χ0v) is 9.81. The van der Waals surface area contributed by atoms with E-state index in [4.69, 9.17) is 6.42 Å². The molecule has 0 radical (unpaired) electrons. The smallest absolute Gasteiger partial charge is 0.268 e. The molecule has 0 fully saturated rings. The minimum atomic E-state index is -0.0742. The lowest BCUT2D eigenvalue weighted by molar-refractivity contribution is 0.554. The molecule has 0 amide bonds. The molecule has 4 heteroatoms. The Bertz CT molecular complexity index is 431. The fourth-order valence-electron chi connectivity index (χ4n) is 1.31. The van der Waals surface area contributed by atoms with E-state index >= 15 is 0 Å². The summed E-state index contributed by atoms with van der Waals surface area (Å²) in [7, 11) is 1.93. The number of hydrogen-bond acceptors (Lipinski definition) is 3. The molecule has 1 rings (SSSR count). The van der Waals surface area contributed by atoms with Crippen molar-refractivity contribution in [3.8, 4) is 12.3 Å². The van der Waals surface area contributed by atoms with E-state index in [1.165, 1.54) is 4.68 Å². The topological polar surface area (TPSA) is 38.1 Å². The first-order chi connectivity index (χ1) is 7.69. The van der Waals surface area contributed by atoms with Gasteiger partial charge in [-0.15, -0.1) is 12.3 Å². The first-order valence-corrected chi connectivity index (χ1v) is 5.40. The summed E-state index contributed by atoms with van der Waals surface area (Å²) < 4.78 is 1.45. The van der Waals surface area contributed by atoms with Crippen molar-refractivity contribution in [1.82, 2.24) is 9.78 Å². The van der Waals surface area contributed by atoms with Gasteiger partial charge in [-0.3, -0.25) is 4.79 Å². The van der Waals surface area contributed by atoms with Gasteiger partial charge in [-0.1, -0.05) is 0 Å². The fraction of sp³-hybridized carbons (Fsp3) is 0.500. The maximum Gasteiger partial charge on any atom is 0.268 e. The lowest BCUT2D eigenvalue weighted by Gasteiger charge is -2.16. The molecular formula is C12H17N3O. The first-order valence-electron chi connectivity index (χ1n) is 5.40. The standard InChI is InChI=1S/C12H17N3O/c1-4-6-7-8-15-12(16)9-11(10-13-15)14(3)5-2/h1,9-10H,5-8H2,2-3H3. The Kier molecular flexibility index (Phi) is 4.59. The number of terminal acetylenes is 1. The van der Waals surface area contributed by atoms with Crippen LogP contribution in [0, 0.1) is 12.3 Å². The molecule has 86 valence electrons. The van der Waals surface area contributed by atoms with E-state index in [1.54, 1.807) is 12.3 Å². The fourth-order valence-corrected chi connectivity index (χ4v) is 1.31. The van der Waals surface area contributed by atoms with Crippen molar-refractivity contribution < 1.29 is 0 Å². The number of aromatic nitrogens is 2. The van der Waals surface area contributed by atoms with Crippen LogP contribution in [0.1, 0.15) is 19.8 Å². The molecule has 4 nitrogen and oxygen atoms in total. The van der Waals surface area contributed by atoms with Gasteiger partial charge >= 0.3 is 0 Å². The number of nitrogens with zero attached hydrogens (tertiary/aromatic N) is 3. The largest absolute Gasteiger partial charge is 0.373 e. The van der Waals surface area contributed by atoms with Crippen LogP contribution in [0.2, 0.25) is 0 Å². The van der Waals surface area contributed by atoms with Crippen molar-refractivity contribution in [3.63, 3.8) is 0 Å². The van der Waals surface area contributed by atoms with Gasteiger partial charge in [0.1, 0.15) is 0 Å². The van der Waals surface area contributed by atoms with E-state index in [0.717, 1.165) is 18.7 Å². The lowest BCUT2D eigenvalue weighted by atomic mass is 10.3. The van der Waals surface area contributed by atoms with Crippen LogP contribution in [0.4, 0.5) is 5.69 Å².